The lowest BCUT2D eigenvalue weighted by Gasteiger charge is -2.30. The maximum absolute atomic E-state index is 11.4. The zero-order valence-corrected chi connectivity index (χ0v) is 16.9. The Labute approximate surface area is 163 Å². The summed E-state index contributed by atoms with van der Waals surface area (Å²) >= 11 is 0. The smallest absolute Gasteiger partial charge is 0.221 e. The number of morpholine rings is 1. The van der Waals surface area contributed by atoms with Gasteiger partial charge in [0, 0.05) is 39.3 Å². The average Bonchev–Trinajstić information content (AvgIpc) is 2.69. The molecule has 0 aliphatic carbocycles. The lowest BCUT2D eigenvalue weighted by molar-refractivity contribution is -0.123. The van der Waals surface area contributed by atoms with Crippen LogP contribution < -0.4 is 16.4 Å². The van der Waals surface area contributed by atoms with Crippen molar-refractivity contribution < 1.29 is 9.53 Å². The quantitative estimate of drug-likeness (QED) is 0.276. The van der Waals surface area contributed by atoms with E-state index in [1.54, 1.807) is 0 Å². The van der Waals surface area contributed by atoms with E-state index in [0.29, 0.717) is 0 Å². The SMILES string of the molecule is CCNC(=NCCCN1CCCC(C(N)=O)C1)NCCCN1CCOCC1. The van der Waals surface area contributed by atoms with E-state index in [-0.39, 0.29) is 11.8 Å². The molecule has 2 aliphatic heterocycles. The first-order valence-corrected chi connectivity index (χ1v) is 10.5. The number of ether oxygens (including phenoxy) is 1. The van der Waals surface area contributed by atoms with Crippen molar-refractivity contribution >= 4 is 11.9 Å². The van der Waals surface area contributed by atoms with Crippen LogP contribution in [0.2, 0.25) is 0 Å². The van der Waals surface area contributed by atoms with Crippen LogP contribution in [0.5, 0.6) is 0 Å². The van der Waals surface area contributed by atoms with E-state index in [2.05, 4.69) is 32.3 Å². The molecule has 0 aromatic heterocycles. The fourth-order valence-electron chi connectivity index (χ4n) is 3.65. The van der Waals surface area contributed by atoms with Crippen molar-refractivity contribution in [1.82, 2.24) is 20.4 Å². The number of nitrogens with zero attached hydrogens (tertiary/aromatic N) is 3. The zero-order valence-electron chi connectivity index (χ0n) is 16.9. The lowest BCUT2D eigenvalue weighted by Crippen LogP contribution is -2.42. The van der Waals surface area contributed by atoms with Crippen molar-refractivity contribution in [3.8, 4) is 0 Å². The van der Waals surface area contributed by atoms with Crippen LogP contribution >= 0.6 is 0 Å². The van der Waals surface area contributed by atoms with Gasteiger partial charge >= 0.3 is 0 Å². The molecule has 156 valence electrons. The summed E-state index contributed by atoms with van der Waals surface area (Å²) in [5.74, 6) is 0.759. The number of nitrogens with two attached hydrogens (primary N) is 1. The third kappa shape index (κ3) is 8.90. The highest BCUT2D eigenvalue weighted by atomic mass is 16.5. The second-order valence-corrected chi connectivity index (χ2v) is 7.39. The van der Waals surface area contributed by atoms with Crippen molar-refractivity contribution in [3.05, 3.63) is 0 Å². The molecule has 1 atom stereocenters. The molecule has 0 saturated carbocycles. The van der Waals surface area contributed by atoms with Gasteiger partial charge in [0.2, 0.25) is 5.91 Å². The maximum Gasteiger partial charge on any atom is 0.221 e. The molecule has 2 heterocycles. The molecule has 0 bridgehead atoms. The van der Waals surface area contributed by atoms with E-state index >= 15 is 0 Å². The Hall–Kier alpha value is -1.38. The number of likely N-dealkylation sites (tertiary alicyclic amines) is 1. The molecule has 2 aliphatic rings. The monoisotopic (exact) mass is 382 g/mol. The largest absolute Gasteiger partial charge is 0.379 e. The molecule has 2 saturated heterocycles. The van der Waals surface area contributed by atoms with Crippen LogP contribution in [-0.2, 0) is 9.53 Å². The van der Waals surface area contributed by atoms with Gasteiger partial charge in [0.15, 0.2) is 5.96 Å². The van der Waals surface area contributed by atoms with Crippen LogP contribution in [0.3, 0.4) is 0 Å². The van der Waals surface area contributed by atoms with Gasteiger partial charge in [-0.05, 0) is 52.2 Å². The number of rotatable bonds is 10. The average molecular weight is 383 g/mol. The number of amides is 1. The standard InChI is InChI=1S/C19H38N6O2/c1-2-21-19(22-7-4-10-24-12-14-27-15-13-24)23-8-5-11-25-9-3-6-17(16-25)18(20)26/h17H,2-16H2,1H3,(H2,20,26)(H2,21,22,23). The number of nitrogens with one attached hydrogen (secondary N) is 2. The summed E-state index contributed by atoms with van der Waals surface area (Å²) in [7, 11) is 0. The van der Waals surface area contributed by atoms with Crippen molar-refractivity contribution in [2.75, 3.05) is 72.1 Å². The molecule has 0 aromatic carbocycles. The topological polar surface area (TPSA) is 95.2 Å². The normalized spacial score (nSPS) is 22.6. The first-order valence-electron chi connectivity index (χ1n) is 10.5. The highest BCUT2D eigenvalue weighted by Gasteiger charge is 2.23. The Balaban J connectivity index is 1.60. The number of carbonyl (C=O) groups excluding carboxylic acids is 1. The maximum atomic E-state index is 11.4. The summed E-state index contributed by atoms with van der Waals surface area (Å²) < 4.78 is 5.38. The van der Waals surface area contributed by atoms with Crippen LogP contribution in [0.25, 0.3) is 0 Å². The second-order valence-electron chi connectivity index (χ2n) is 7.39. The first-order chi connectivity index (χ1) is 13.2. The van der Waals surface area contributed by atoms with Gasteiger partial charge in [0.1, 0.15) is 0 Å². The van der Waals surface area contributed by atoms with E-state index in [4.69, 9.17) is 10.5 Å². The summed E-state index contributed by atoms with van der Waals surface area (Å²) in [6, 6.07) is 0. The summed E-state index contributed by atoms with van der Waals surface area (Å²) in [4.78, 5) is 20.8. The van der Waals surface area contributed by atoms with Crippen LogP contribution in [0.1, 0.15) is 32.6 Å². The van der Waals surface area contributed by atoms with Gasteiger partial charge in [-0.1, -0.05) is 0 Å². The van der Waals surface area contributed by atoms with Crippen molar-refractivity contribution in [2.24, 2.45) is 16.6 Å². The predicted molar refractivity (Wildman–Crippen MR) is 109 cm³/mol. The summed E-state index contributed by atoms with van der Waals surface area (Å²) in [6.07, 6.45) is 4.09. The van der Waals surface area contributed by atoms with Gasteiger partial charge in [-0.25, -0.2) is 0 Å². The number of piperidine rings is 1. The van der Waals surface area contributed by atoms with Gasteiger partial charge in [-0.3, -0.25) is 14.7 Å². The van der Waals surface area contributed by atoms with Gasteiger partial charge in [-0.2, -0.15) is 0 Å². The summed E-state index contributed by atoms with van der Waals surface area (Å²) in [5, 5.41) is 6.74. The van der Waals surface area contributed by atoms with Crippen LogP contribution in [0.4, 0.5) is 0 Å². The number of hydrogen-bond acceptors (Lipinski definition) is 5. The zero-order chi connectivity index (χ0) is 19.3. The van der Waals surface area contributed by atoms with E-state index in [1.807, 2.05) is 0 Å². The molecule has 1 unspecified atom stereocenters. The van der Waals surface area contributed by atoms with Crippen LogP contribution in [-0.4, -0.2) is 93.8 Å². The van der Waals surface area contributed by atoms with Crippen molar-refractivity contribution in [3.63, 3.8) is 0 Å². The highest BCUT2D eigenvalue weighted by molar-refractivity contribution is 5.79. The molecular weight excluding hydrogens is 344 g/mol. The minimum atomic E-state index is -0.159. The third-order valence-electron chi connectivity index (χ3n) is 5.20. The summed E-state index contributed by atoms with van der Waals surface area (Å²) in [6.45, 7) is 12.4. The van der Waals surface area contributed by atoms with E-state index in [0.717, 1.165) is 104 Å². The number of carbonyl (C=O) groups is 1. The Morgan fingerprint density at radius 1 is 1.15 bits per heavy atom. The van der Waals surface area contributed by atoms with Gasteiger partial charge in [0.05, 0.1) is 19.1 Å². The highest BCUT2D eigenvalue weighted by Crippen LogP contribution is 2.15. The van der Waals surface area contributed by atoms with E-state index < -0.39 is 0 Å². The molecule has 2 fully saturated rings. The van der Waals surface area contributed by atoms with Gasteiger partial charge in [-0.15, -0.1) is 0 Å². The molecule has 0 spiro atoms. The molecule has 8 heteroatoms. The molecular formula is C19H38N6O2. The predicted octanol–water partition coefficient (Wildman–Crippen LogP) is -0.149. The Morgan fingerprint density at radius 3 is 2.67 bits per heavy atom. The molecule has 1 amide bonds. The van der Waals surface area contributed by atoms with Gasteiger partial charge in [0.25, 0.3) is 0 Å². The molecule has 0 radical (unpaired) electrons. The minimum absolute atomic E-state index is 0.0210. The molecule has 8 nitrogen and oxygen atoms in total. The molecule has 0 aromatic rings. The second kappa shape index (κ2) is 12.9. The molecule has 27 heavy (non-hydrogen) atoms. The minimum Gasteiger partial charge on any atom is -0.379 e. The van der Waals surface area contributed by atoms with Crippen molar-refractivity contribution in [1.29, 1.82) is 0 Å². The molecule has 2 rings (SSSR count). The van der Waals surface area contributed by atoms with Crippen LogP contribution in [0, 0.1) is 5.92 Å². The molecule has 4 N–H and O–H groups in total. The number of guanidine groups is 1. The number of hydrogen-bond donors (Lipinski definition) is 3. The van der Waals surface area contributed by atoms with E-state index in [9.17, 15) is 4.79 Å². The van der Waals surface area contributed by atoms with E-state index in [1.165, 1.54) is 0 Å². The fraction of sp³-hybridized carbons (Fsp3) is 0.895. The van der Waals surface area contributed by atoms with Crippen molar-refractivity contribution in [2.45, 2.75) is 32.6 Å². The summed E-state index contributed by atoms with van der Waals surface area (Å²) in [5.41, 5.74) is 5.45. The third-order valence-corrected chi connectivity index (χ3v) is 5.20. The number of primary amides is 1. The Morgan fingerprint density at radius 2 is 1.93 bits per heavy atom. The first kappa shape index (κ1) is 21.9. The fourth-order valence-corrected chi connectivity index (χ4v) is 3.65. The Bertz CT molecular complexity index is 453. The van der Waals surface area contributed by atoms with Gasteiger partial charge < -0.3 is 26.0 Å². The Kier molecular flexibility index (Phi) is 10.5. The lowest BCUT2D eigenvalue weighted by atomic mass is 9.97. The number of aliphatic imine (C=N–C) groups is 1. The van der Waals surface area contributed by atoms with Crippen LogP contribution in [0.15, 0.2) is 4.99 Å².